The Morgan fingerprint density at radius 2 is 2.05 bits per heavy atom. The van der Waals surface area contributed by atoms with E-state index in [9.17, 15) is 10.1 Å². The van der Waals surface area contributed by atoms with Crippen molar-refractivity contribution in [1.82, 2.24) is 0 Å². The summed E-state index contributed by atoms with van der Waals surface area (Å²) in [6.07, 6.45) is 0. The lowest BCUT2D eigenvalue weighted by molar-refractivity contribution is -0.385. The van der Waals surface area contributed by atoms with E-state index in [4.69, 9.17) is 16.3 Å². The maximum absolute atomic E-state index is 11.0. The summed E-state index contributed by atoms with van der Waals surface area (Å²) >= 11 is 5.91. The molecule has 0 aromatic heterocycles. The molecule has 1 N–H and O–H groups in total. The van der Waals surface area contributed by atoms with Crippen LogP contribution in [0.4, 0.5) is 11.4 Å². The minimum atomic E-state index is -0.416. The first-order valence-corrected chi connectivity index (χ1v) is 6.70. The Morgan fingerprint density at radius 1 is 1.29 bits per heavy atom. The van der Waals surface area contributed by atoms with Crippen molar-refractivity contribution < 1.29 is 9.66 Å². The predicted molar refractivity (Wildman–Crippen MR) is 83.2 cm³/mol. The molecule has 0 aliphatic carbocycles. The molecule has 0 aliphatic rings. The average molecular weight is 307 g/mol. The largest absolute Gasteiger partial charge is 0.495 e. The van der Waals surface area contributed by atoms with Gasteiger partial charge in [0.1, 0.15) is 5.75 Å². The van der Waals surface area contributed by atoms with E-state index in [0.717, 1.165) is 11.3 Å². The Morgan fingerprint density at radius 3 is 2.71 bits per heavy atom. The summed E-state index contributed by atoms with van der Waals surface area (Å²) in [6.45, 7) is 2.25. The molecular weight excluding hydrogens is 292 g/mol. The van der Waals surface area contributed by atoms with Crippen LogP contribution in [-0.4, -0.2) is 12.0 Å². The Labute approximate surface area is 127 Å². The van der Waals surface area contributed by atoms with Gasteiger partial charge < -0.3 is 10.1 Å². The third-order valence-electron chi connectivity index (χ3n) is 3.06. The van der Waals surface area contributed by atoms with Crippen LogP contribution < -0.4 is 10.1 Å². The molecule has 0 amide bonds. The van der Waals surface area contributed by atoms with E-state index in [0.29, 0.717) is 16.3 Å². The molecule has 6 heteroatoms. The van der Waals surface area contributed by atoms with Gasteiger partial charge in [-0.2, -0.15) is 0 Å². The number of ether oxygens (including phenoxy) is 1. The summed E-state index contributed by atoms with van der Waals surface area (Å²) in [5.74, 6) is 0.685. The minimum Gasteiger partial charge on any atom is -0.495 e. The van der Waals surface area contributed by atoms with Crippen molar-refractivity contribution in [3.63, 3.8) is 0 Å². The highest BCUT2D eigenvalue weighted by atomic mass is 35.5. The summed E-state index contributed by atoms with van der Waals surface area (Å²) in [6, 6.07) is 10.2. The number of nitrogens with one attached hydrogen (secondary N) is 1. The Bertz CT molecular complexity index is 674. The van der Waals surface area contributed by atoms with Gasteiger partial charge in [-0.25, -0.2) is 0 Å². The first-order valence-electron chi connectivity index (χ1n) is 6.32. The molecule has 2 rings (SSSR count). The number of benzene rings is 2. The second kappa shape index (κ2) is 6.45. The zero-order valence-corrected chi connectivity index (χ0v) is 12.5. The molecule has 0 aliphatic heterocycles. The molecule has 5 nitrogen and oxygen atoms in total. The molecule has 0 radical (unpaired) electrons. The fourth-order valence-corrected chi connectivity index (χ4v) is 2.22. The van der Waals surface area contributed by atoms with E-state index in [1.165, 1.54) is 12.1 Å². The highest BCUT2D eigenvalue weighted by molar-refractivity contribution is 6.30. The first-order chi connectivity index (χ1) is 10.0. The van der Waals surface area contributed by atoms with Crippen LogP contribution in [-0.2, 0) is 6.54 Å². The highest BCUT2D eigenvalue weighted by Crippen LogP contribution is 2.28. The van der Waals surface area contributed by atoms with Crippen molar-refractivity contribution in [3.8, 4) is 5.75 Å². The fraction of sp³-hybridized carbons (Fsp3) is 0.200. The molecule has 21 heavy (non-hydrogen) atoms. The third-order valence-corrected chi connectivity index (χ3v) is 3.30. The summed E-state index contributed by atoms with van der Waals surface area (Å²) in [5, 5.41) is 14.7. The normalized spacial score (nSPS) is 10.2. The van der Waals surface area contributed by atoms with Crippen LogP contribution >= 0.6 is 11.6 Å². The topological polar surface area (TPSA) is 64.4 Å². The molecule has 0 saturated carbocycles. The first kappa shape index (κ1) is 15.1. The quantitative estimate of drug-likeness (QED) is 0.665. The van der Waals surface area contributed by atoms with E-state index in [-0.39, 0.29) is 12.2 Å². The predicted octanol–water partition coefficient (Wildman–Crippen LogP) is 4.18. The summed E-state index contributed by atoms with van der Waals surface area (Å²) in [4.78, 5) is 10.6. The summed E-state index contributed by atoms with van der Waals surface area (Å²) < 4.78 is 5.27. The molecule has 0 unspecified atom stereocenters. The van der Waals surface area contributed by atoms with Crippen molar-refractivity contribution in [2.75, 3.05) is 12.4 Å². The van der Waals surface area contributed by atoms with Gasteiger partial charge in [-0.05, 0) is 36.8 Å². The maximum Gasteiger partial charge on any atom is 0.274 e. The maximum atomic E-state index is 11.0. The number of rotatable bonds is 5. The molecule has 2 aromatic rings. The molecule has 2 aromatic carbocycles. The van der Waals surface area contributed by atoms with Crippen LogP contribution in [0.15, 0.2) is 36.4 Å². The zero-order chi connectivity index (χ0) is 15.4. The van der Waals surface area contributed by atoms with E-state index in [2.05, 4.69) is 5.32 Å². The molecule has 0 bridgehead atoms. The number of nitro benzene ring substituents is 1. The lowest BCUT2D eigenvalue weighted by Crippen LogP contribution is -2.04. The number of nitrogens with zero attached hydrogens (tertiary/aromatic N) is 1. The molecule has 0 atom stereocenters. The second-order valence-corrected chi connectivity index (χ2v) is 5.02. The van der Waals surface area contributed by atoms with Gasteiger partial charge in [-0.1, -0.05) is 17.7 Å². The number of hydrogen-bond donors (Lipinski definition) is 1. The van der Waals surface area contributed by atoms with Crippen molar-refractivity contribution in [1.29, 1.82) is 0 Å². The van der Waals surface area contributed by atoms with Crippen LogP contribution in [0.25, 0.3) is 0 Å². The molecular formula is C15H15ClN2O3. The standard InChI is InChI=1S/C15H15ClN2O3/c1-10-3-6-15(21-2)13(7-10)17-9-11-8-12(16)4-5-14(11)18(19)20/h3-8,17H,9H2,1-2H3. The smallest absolute Gasteiger partial charge is 0.274 e. The van der Waals surface area contributed by atoms with Crippen molar-refractivity contribution in [3.05, 3.63) is 62.7 Å². The van der Waals surface area contributed by atoms with Crippen LogP contribution in [0.5, 0.6) is 5.75 Å². The van der Waals surface area contributed by atoms with Gasteiger partial charge in [0.15, 0.2) is 0 Å². The van der Waals surface area contributed by atoms with Gasteiger partial charge in [0, 0.05) is 17.6 Å². The van der Waals surface area contributed by atoms with Gasteiger partial charge in [-0.15, -0.1) is 0 Å². The molecule has 0 spiro atoms. The van der Waals surface area contributed by atoms with Crippen molar-refractivity contribution >= 4 is 23.0 Å². The monoisotopic (exact) mass is 306 g/mol. The van der Waals surface area contributed by atoms with Crippen LogP contribution in [0.3, 0.4) is 0 Å². The van der Waals surface area contributed by atoms with Crippen LogP contribution in [0.2, 0.25) is 5.02 Å². The van der Waals surface area contributed by atoms with Crippen LogP contribution in [0.1, 0.15) is 11.1 Å². The van der Waals surface area contributed by atoms with E-state index < -0.39 is 4.92 Å². The van der Waals surface area contributed by atoms with E-state index in [1.54, 1.807) is 13.2 Å². The SMILES string of the molecule is COc1ccc(C)cc1NCc1cc(Cl)ccc1[N+](=O)[O-]. The number of hydrogen-bond acceptors (Lipinski definition) is 4. The van der Waals surface area contributed by atoms with Gasteiger partial charge in [0.2, 0.25) is 0 Å². The average Bonchev–Trinajstić information content (AvgIpc) is 2.45. The lowest BCUT2D eigenvalue weighted by Gasteiger charge is -2.12. The number of aryl methyl sites for hydroxylation is 1. The van der Waals surface area contributed by atoms with Crippen molar-refractivity contribution in [2.45, 2.75) is 13.5 Å². The lowest BCUT2D eigenvalue weighted by atomic mass is 10.1. The van der Waals surface area contributed by atoms with E-state index >= 15 is 0 Å². The Balaban J connectivity index is 2.26. The number of methoxy groups -OCH3 is 1. The third kappa shape index (κ3) is 3.64. The molecule has 0 saturated heterocycles. The van der Waals surface area contributed by atoms with Crippen LogP contribution in [0, 0.1) is 17.0 Å². The van der Waals surface area contributed by atoms with Crippen molar-refractivity contribution in [2.24, 2.45) is 0 Å². The van der Waals surface area contributed by atoms with Gasteiger partial charge >= 0.3 is 0 Å². The number of nitro groups is 1. The molecule has 110 valence electrons. The zero-order valence-electron chi connectivity index (χ0n) is 11.7. The van der Waals surface area contributed by atoms with Gasteiger partial charge in [0.25, 0.3) is 5.69 Å². The van der Waals surface area contributed by atoms with E-state index in [1.807, 2.05) is 25.1 Å². The highest BCUT2D eigenvalue weighted by Gasteiger charge is 2.14. The van der Waals surface area contributed by atoms with Gasteiger partial charge in [-0.3, -0.25) is 10.1 Å². The minimum absolute atomic E-state index is 0.0403. The van der Waals surface area contributed by atoms with Gasteiger partial charge in [0.05, 0.1) is 23.3 Å². The Hall–Kier alpha value is -2.27. The number of anilines is 1. The second-order valence-electron chi connectivity index (χ2n) is 4.59. The molecule has 0 fully saturated rings. The fourth-order valence-electron chi connectivity index (χ4n) is 2.02. The summed E-state index contributed by atoms with van der Waals surface area (Å²) in [7, 11) is 1.58. The molecule has 0 heterocycles. The number of halogens is 1. The Kier molecular flexibility index (Phi) is 4.65. The summed E-state index contributed by atoms with van der Waals surface area (Å²) in [5.41, 5.74) is 2.42.